The highest BCUT2D eigenvalue weighted by Gasteiger charge is 2.31. The molecule has 1 N–H and O–H groups in total. The number of nitrogens with one attached hydrogen (secondary N) is 1. The fourth-order valence-corrected chi connectivity index (χ4v) is 3.27. The van der Waals surface area contributed by atoms with Crippen LogP contribution in [0.2, 0.25) is 0 Å². The van der Waals surface area contributed by atoms with Gasteiger partial charge >= 0.3 is 0 Å². The van der Waals surface area contributed by atoms with Gasteiger partial charge in [-0.3, -0.25) is 9.69 Å². The fraction of sp³-hybridized carbons (Fsp3) is 0.562. The monoisotopic (exact) mass is 345 g/mol. The zero-order valence-electron chi connectivity index (χ0n) is 12.9. The molecule has 2 aliphatic rings. The quantitative estimate of drug-likeness (QED) is 0.900. The Kier molecular flexibility index (Phi) is 6.33. The predicted molar refractivity (Wildman–Crippen MR) is 86.7 cm³/mol. The van der Waals surface area contributed by atoms with Gasteiger partial charge in [0.25, 0.3) is 0 Å². The molecular formula is C16H22ClF2N3O. The minimum absolute atomic E-state index is 0. The maximum atomic E-state index is 13.6. The summed E-state index contributed by atoms with van der Waals surface area (Å²) in [6.07, 6.45) is 0.884. The van der Waals surface area contributed by atoms with Crippen molar-refractivity contribution in [2.24, 2.45) is 0 Å². The molecule has 2 saturated heterocycles. The van der Waals surface area contributed by atoms with Crippen molar-refractivity contribution in [1.29, 1.82) is 0 Å². The molecular weight excluding hydrogens is 324 g/mol. The molecule has 2 aliphatic heterocycles. The second-order valence-electron chi connectivity index (χ2n) is 5.98. The van der Waals surface area contributed by atoms with E-state index in [4.69, 9.17) is 0 Å². The topological polar surface area (TPSA) is 35.6 Å². The van der Waals surface area contributed by atoms with Crippen molar-refractivity contribution in [2.75, 3.05) is 39.3 Å². The second-order valence-corrected chi connectivity index (χ2v) is 5.98. The number of hydrogen-bond acceptors (Lipinski definition) is 3. The van der Waals surface area contributed by atoms with Crippen molar-refractivity contribution in [3.63, 3.8) is 0 Å². The van der Waals surface area contributed by atoms with Crippen molar-refractivity contribution >= 4 is 18.3 Å². The summed E-state index contributed by atoms with van der Waals surface area (Å²) < 4.78 is 26.8. The highest BCUT2D eigenvalue weighted by Crippen LogP contribution is 2.18. The van der Waals surface area contributed by atoms with Crippen molar-refractivity contribution < 1.29 is 13.6 Å². The number of piperazine rings is 1. The average Bonchev–Trinajstić information content (AvgIpc) is 3.02. The molecule has 0 spiro atoms. The van der Waals surface area contributed by atoms with E-state index in [9.17, 15) is 13.6 Å². The summed E-state index contributed by atoms with van der Waals surface area (Å²) in [6.45, 7) is 5.37. The Bertz CT molecular complexity index is 552. The summed E-state index contributed by atoms with van der Waals surface area (Å²) in [4.78, 5) is 16.5. The van der Waals surface area contributed by atoms with Gasteiger partial charge in [-0.15, -0.1) is 12.4 Å². The van der Waals surface area contributed by atoms with E-state index in [2.05, 4.69) is 10.2 Å². The zero-order valence-corrected chi connectivity index (χ0v) is 13.7. The predicted octanol–water partition coefficient (Wildman–Crippen LogP) is 1.44. The minimum Gasteiger partial charge on any atom is -0.341 e. The molecule has 0 aromatic heterocycles. The van der Waals surface area contributed by atoms with Gasteiger partial charge in [0, 0.05) is 50.9 Å². The molecule has 0 aliphatic carbocycles. The van der Waals surface area contributed by atoms with Gasteiger partial charge in [-0.2, -0.15) is 0 Å². The van der Waals surface area contributed by atoms with E-state index >= 15 is 0 Å². The first kappa shape index (κ1) is 18.1. The highest BCUT2D eigenvalue weighted by atomic mass is 35.5. The maximum absolute atomic E-state index is 13.6. The van der Waals surface area contributed by atoms with Crippen LogP contribution in [0, 0.1) is 11.6 Å². The number of amides is 1. The molecule has 0 radical (unpaired) electrons. The smallest absolute Gasteiger partial charge is 0.227 e. The van der Waals surface area contributed by atoms with Crippen LogP contribution in [-0.4, -0.2) is 61.0 Å². The Morgan fingerprint density at radius 1 is 1.22 bits per heavy atom. The molecule has 0 bridgehead atoms. The van der Waals surface area contributed by atoms with Crippen LogP contribution in [0.15, 0.2) is 18.2 Å². The van der Waals surface area contributed by atoms with E-state index in [0.717, 1.165) is 50.8 Å². The van der Waals surface area contributed by atoms with Gasteiger partial charge in [-0.25, -0.2) is 8.78 Å². The van der Waals surface area contributed by atoms with E-state index in [1.165, 1.54) is 0 Å². The van der Waals surface area contributed by atoms with Crippen LogP contribution in [-0.2, 0) is 11.2 Å². The molecule has 2 fully saturated rings. The van der Waals surface area contributed by atoms with Crippen molar-refractivity contribution in [3.8, 4) is 0 Å². The summed E-state index contributed by atoms with van der Waals surface area (Å²) in [5, 5.41) is 3.32. The van der Waals surface area contributed by atoms with Gasteiger partial charge in [0.05, 0.1) is 6.42 Å². The van der Waals surface area contributed by atoms with E-state index in [-0.39, 0.29) is 30.3 Å². The Hall–Kier alpha value is -1.24. The molecule has 1 unspecified atom stereocenters. The Balaban J connectivity index is 0.00000192. The van der Waals surface area contributed by atoms with E-state index in [1.54, 1.807) is 4.90 Å². The number of carbonyl (C=O) groups excluding carboxylic acids is 1. The van der Waals surface area contributed by atoms with Crippen LogP contribution in [0.4, 0.5) is 8.78 Å². The molecule has 23 heavy (non-hydrogen) atoms. The molecule has 2 heterocycles. The number of halogens is 3. The second kappa shape index (κ2) is 8.04. The maximum Gasteiger partial charge on any atom is 0.227 e. The first-order valence-electron chi connectivity index (χ1n) is 7.80. The molecule has 4 nitrogen and oxygen atoms in total. The minimum atomic E-state index is -0.521. The van der Waals surface area contributed by atoms with Crippen LogP contribution in [0.1, 0.15) is 12.0 Å². The first-order chi connectivity index (χ1) is 10.6. The van der Waals surface area contributed by atoms with Gasteiger partial charge in [-0.1, -0.05) is 0 Å². The zero-order chi connectivity index (χ0) is 15.5. The lowest BCUT2D eigenvalue weighted by Crippen LogP contribution is -2.49. The molecule has 0 saturated carbocycles. The summed E-state index contributed by atoms with van der Waals surface area (Å²) in [7, 11) is 0. The number of benzene rings is 1. The molecule has 128 valence electrons. The van der Waals surface area contributed by atoms with Crippen molar-refractivity contribution in [2.45, 2.75) is 18.9 Å². The van der Waals surface area contributed by atoms with Crippen LogP contribution in [0.25, 0.3) is 0 Å². The summed E-state index contributed by atoms with van der Waals surface area (Å²) in [5.74, 6) is -1.15. The number of rotatable bonds is 3. The lowest BCUT2D eigenvalue weighted by molar-refractivity contribution is -0.129. The van der Waals surface area contributed by atoms with E-state index in [1.807, 2.05) is 0 Å². The third-order valence-electron chi connectivity index (χ3n) is 4.53. The summed E-state index contributed by atoms with van der Waals surface area (Å²) in [5.41, 5.74) is 0.135. The van der Waals surface area contributed by atoms with Gasteiger partial charge in [0.15, 0.2) is 0 Å². The normalized spacial score (nSPS) is 22.0. The Labute approximate surface area is 141 Å². The Morgan fingerprint density at radius 3 is 2.70 bits per heavy atom. The number of hydrogen-bond donors (Lipinski definition) is 1. The largest absolute Gasteiger partial charge is 0.341 e. The molecule has 1 amide bonds. The van der Waals surface area contributed by atoms with Crippen LogP contribution in [0.5, 0.6) is 0 Å². The third kappa shape index (κ3) is 4.40. The SMILES string of the molecule is Cl.O=C(Cc1cc(F)ccc1F)N1CCC(N2CCNCC2)C1. The summed E-state index contributed by atoms with van der Waals surface area (Å²) >= 11 is 0. The van der Waals surface area contributed by atoms with Gasteiger partial charge in [-0.05, 0) is 24.6 Å². The molecule has 1 aromatic rings. The van der Waals surface area contributed by atoms with Gasteiger partial charge < -0.3 is 10.2 Å². The fourth-order valence-electron chi connectivity index (χ4n) is 3.27. The average molecular weight is 346 g/mol. The molecule has 1 atom stereocenters. The standard InChI is InChI=1S/C16H21F2N3O.ClH/c17-13-1-2-15(18)12(9-13)10-16(22)21-6-3-14(11-21)20-7-4-19-5-8-20;/h1-2,9,14,19H,3-8,10-11H2;1H. The first-order valence-corrected chi connectivity index (χ1v) is 7.80. The van der Waals surface area contributed by atoms with Gasteiger partial charge in [0.2, 0.25) is 5.91 Å². The number of nitrogens with zero attached hydrogens (tertiary/aromatic N) is 2. The molecule has 3 rings (SSSR count). The van der Waals surface area contributed by atoms with Crippen molar-refractivity contribution in [3.05, 3.63) is 35.4 Å². The number of carbonyl (C=O) groups is 1. The highest BCUT2D eigenvalue weighted by molar-refractivity contribution is 5.85. The molecule has 1 aromatic carbocycles. The van der Waals surface area contributed by atoms with E-state index < -0.39 is 11.6 Å². The third-order valence-corrected chi connectivity index (χ3v) is 4.53. The number of likely N-dealkylation sites (tertiary alicyclic amines) is 1. The van der Waals surface area contributed by atoms with E-state index in [0.29, 0.717) is 19.1 Å². The van der Waals surface area contributed by atoms with Crippen LogP contribution >= 0.6 is 12.4 Å². The van der Waals surface area contributed by atoms with Crippen LogP contribution in [0.3, 0.4) is 0 Å². The van der Waals surface area contributed by atoms with Crippen LogP contribution < -0.4 is 5.32 Å². The molecule has 7 heteroatoms. The van der Waals surface area contributed by atoms with Gasteiger partial charge in [0.1, 0.15) is 11.6 Å². The lowest BCUT2D eigenvalue weighted by atomic mass is 10.1. The van der Waals surface area contributed by atoms with Crippen molar-refractivity contribution in [1.82, 2.24) is 15.1 Å². The summed E-state index contributed by atoms with van der Waals surface area (Å²) in [6, 6.07) is 3.64. The Morgan fingerprint density at radius 2 is 1.96 bits per heavy atom. The lowest BCUT2D eigenvalue weighted by Gasteiger charge is -2.32.